The highest BCUT2D eigenvalue weighted by Crippen LogP contribution is 2.31. The molecule has 3 aromatic rings. The van der Waals surface area contributed by atoms with Crippen LogP contribution in [0, 0.1) is 0 Å². The van der Waals surface area contributed by atoms with Crippen molar-refractivity contribution >= 4 is 16.9 Å². The summed E-state index contributed by atoms with van der Waals surface area (Å²) in [4.78, 5) is 19.5. The van der Waals surface area contributed by atoms with Gasteiger partial charge in [0.15, 0.2) is 11.5 Å². The average Bonchev–Trinajstić information content (AvgIpc) is 3.35. The van der Waals surface area contributed by atoms with Gasteiger partial charge in [-0.05, 0) is 37.1 Å². The summed E-state index contributed by atoms with van der Waals surface area (Å²) in [6, 6.07) is 15.9. The number of ether oxygens (including phenoxy) is 2. The molecule has 1 amide bonds. The molecule has 1 aliphatic heterocycles. The van der Waals surface area contributed by atoms with Gasteiger partial charge >= 0.3 is 0 Å². The van der Waals surface area contributed by atoms with E-state index in [1.807, 2.05) is 47.4 Å². The van der Waals surface area contributed by atoms with Crippen LogP contribution in [0.2, 0.25) is 0 Å². The third-order valence-corrected chi connectivity index (χ3v) is 5.90. The molecule has 1 saturated heterocycles. The molecule has 0 unspecified atom stereocenters. The second-order valence-corrected chi connectivity index (χ2v) is 8.06. The van der Waals surface area contributed by atoms with Crippen LogP contribution in [0.25, 0.3) is 11.0 Å². The van der Waals surface area contributed by atoms with Gasteiger partial charge in [0.05, 0.1) is 24.8 Å². The minimum atomic E-state index is 0.145. The molecular weight excluding hydrogens is 390 g/mol. The van der Waals surface area contributed by atoms with E-state index in [1.54, 1.807) is 7.11 Å². The number of carbonyl (C=O) groups is 1. The highest BCUT2D eigenvalue weighted by molar-refractivity contribution is 5.80. The Kier molecular flexibility index (Phi) is 6.75. The Morgan fingerprint density at radius 2 is 1.81 bits per heavy atom. The molecule has 0 saturated carbocycles. The fourth-order valence-electron chi connectivity index (χ4n) is 4.29. The van der Waals surface area contributed by atoms with Crippen molar-refractivity contribution in [2.75, 3.05) is 26.8 Å². The highest BCUT2D eigenvalue weighted by atomic mass is 16.5. The van der Waals surface area contributed by atoms with Crippen molar-refractivity contribution in [3.05, 3.63) is 54.4 Å². The molecule has 2 heterocycles. The average molecular weight is 422 g/mol. The molecule has 0 aliphatic carbocycles. The maximum Gasteiger partial charge on any atom is 0.223 e. The van der Waals surface area contributed by atoms with Crippen LogP contribution in [-0.4, -0.2) is 47.2 Å². The van der Waals surface area contributed by atoms with Crippen molar-refractivity contribution in [3.63, 3.8) is 0 Å². The lowest BCUT2D eigenvalue weighted by Crippen LogP contribution is -2.26. The zero-order valence-corrected chi connectivity index (χ0v) is 18.4. The maximum absolute atomic E-state index is 12.5. The zero-order valence-electron chi connectivity index (χ0n) is 18.4. The first-order chi connectivity index (χ1) is 15.2. The van der Waals surface area contributed by atoms with E-state index in [9.17, 15) is 4.79 Å². The van der Waals surface area contributed by atoms with E-state index in [0.717, 1.165) is 67.3 Å². The van der Waals surface area contributed by atoms with Crippen LogP contribution in [-0.2, 0) is 11.3 Å². The van der Waals surface area contributed by atoms with Gasteiger partial charge < -0.3 is 18.9 Å². The van der Waals surface area contributed by atoms with Crippen LogP contribution in [0.3, 0.4) is 0 Å². The Morgan fingerprint density at radius 1 is 1.03 bits per heavy atom. The number of fused-ring (bicyclic) bond motifs is 1. The van der Waals surface area contributed by atoms with Gasteiger partial charge in [-0.15, -0.1) is 0 Å². The molecule has 0 N–H and O–H groups in total. The lowest BCUT2D eigenvalue weighted by Gasteiger charge is -2.17. The number of nitrogens with zero attached hydrogens (tertiary/aromatic N) is 3. The second-order valence-electron chi connectivity index (χ2n) is 8.06. The quantitative estimate of drug-likeness (QED) is 0.448. The third kappa shape index (κ3) is 4.68. The van der Waals surface area contributed by atoms with E-state index >= 15 is 0 Å². The van der Waals surface area contributed by atoms with Crippen molar-refractivity contribution in [1.29, 1.82) is 0 Å². The van der Waals surface area contributed by atoms with E-state index in [0.29, 0.717) is 13.0 Å². The Balaban J connectivity index is 1.47. The van der Waals surface area contributed by atoms with Crippen LogP contribution in [0.4, 0.5) is 0 Å². The molecule has 164 valence electrons. The largest absolute Gasteiger partial charge is 0.493 e. The summed E-state index contributed by atoms with van der Waals surface area (Å²) in [5.41, 5.74) is 2.11. The van der Waals surface area contributed by atoms with Crippen LogP contribution in [0.1, 0.15) is 44.3 Å². The van der Waals surface area contributed by atoms with E-state index in [1.165, 1.54) is 0 Å². The summed E-state index contributed by atoms with van der Waals surface area (Å²) in [6.07, 6.45) is 3.53. The summed E-state index contributed by atoms with van der Waals surface area (Å²) >= 11 is 0. The first-order valence-electron chi connectivity index (χ1n) is 11.2. The Hall–Kier alpha value is -3.02. The normalized spacial score (nSPS) is 16.3. The fraction of sp³-hybridized carbons (Fsp3) is 0.440. The SMILES string of the molecule is CCCCN1C[C@@H](c2nc3ccccc3n2CCCOc2ccccc2OC)CC1=O. The summed E-state index contributed by atoms with van der Waals surface area (Å²) in [6.45, 7) is 5.15. The fourth-order valence-corrected chi connectivity index (χ4v) is 4.29. The highest BCUT2D eigenvalue weighted by Gasteiger charge is 2.33. The smallest absolute Gasteiger partial charge is 0.223 e. The second kappa shape index (κ2) is 9.86. The van der Waals surface area contributed by atoms with Crippen LogP contribution in [0.15, 0.2) is 48.5 Å². The number of methoxy groups -OCH3 is 1. The number of aryl methyl sites for hydroxylation is 1. The first kappa shape index (κ1) is 21.2. The van der Waals surface area contributed by atoms with Crippen molar-refractivity contribution < 1.29 is 14.3 Å². The molecule has 6 nitrogen and oxygen atoms in total. The number of carbonyl (C=O) groups excluding carboxylic acids is 1. The maximum atomic E-state index is 12.5. The molecule has 4 rings (SSSR count). The van der Waals surface area contributed by atoms with Crippen LogP contribution in [0.5, 0.6) is 11.5 Å². The number of benzene rings is 2. The monoisotopic (exact) mass is 421 g/mol. The lowest BCUT2D eigenvalue weighted by atomic mass is 10.1. The first-order valence-corrected chi connectivity index (χ1v) is 11.2. The summed E-state index contributed by atoms with van der Waals surface area (Å²) in [5.74, 6) is 2.91. The third-order valence-electron chi connectivity index (χ3n) is 5.90. The van der Waals surface area contributed by atoms with Gasteiger partial charge in [0.1, 0.15) is 5.82 Å². The minimum absolute atomic E-state index is 0.145. The Morgan fingerprint density at radius 3 is 2.61 bits per heavy atom. The van der Waals surface area contributed by atoms with E-state index in [2.05, 4.69) is 17.6 Å². The molecule has 1 aliphatic rings. The molecule has 31 heavy (non-hydrogen) atoms. The van der Waals surface area contributed by atoms with Gasteiger partial charge in [-0.1, -0.05) is 37.6 Å². The van der Waals surface area contributed by atoms with Crippen molar-refractivity contribution in [2.45, 2.75) is 45.1 Å². The number of hydrogen-bond acceptors (Lipinski definition) is 4. The molecule has 1 fully saturated rings. The molecule has 0 spiro atoms. The molecule has 0 bridgehead atoms. The van der Waals surface area contributed by atoms with Gasteiger partial charge in [0.2, 0.25) is 5.91 Å². The number of para-hydroxylation sites is 4. The number of amides is 1. The Labute approximate surface area is 183 Å². The summed E-state index contributed by atoms with van der Waals surface area (Å²) < 4.78 is 13.6. The van der Waals surface area contributed by atoms with Gasteiger partial charge in [-0.2, -0.15) is 0 Å². The number of likely N-dealkylation sites (tertiary alicyclic amines) is 1. The van der Waals surface area contributed by atoms with Crippen LogP contribution < -0.4 is 9.47 Å². The van der Waals surface area contributed by atoms with E-state index < -0.39 is 0 Å². The lowest BCUT2D eigenvalue weighted by molar-refractivity contribution is -0.127. The number of rotatable bonds is 10. The topological polar surface area (TPSA) is 56.6 Å². The number of unbranched alkanes of at least 4 members (excludes halogenated alkanes) is 1. The van der Waals surface area contributed by atoms with Crippen molar-refractivity contribution in [3.8, 4) is 11.5 Å². The zero-order chi connectivity index (χ0) is 21.6. The predicted molar refractivity (Wildman–Crippen MR) is 122 cm³/mol. The van der Waals surface area contributed by atoms with E-state index in [4.69, 9.17) is 14.5 Å². The number of hydrogen-bond donors (Lipinski definition) is 0. The predicted octanol–water partition coefficient (Wildman–Crippen LogP) is 4.63. The van der Waals surface area contributed by atoms with Gasteiger partial charge in [0.25, 0.3) is 0 Å². The molecular formula is C25H31N3O3. The van der Waals surface area contributed by atoms with Gasteiger partial charge in [-0.25, -0.2) is 4.98 Å². The van der Waals surface area contributed by atoms with Crippen LogP contribution >= 0.6 is 0 Å². The molecule has 6 heteroatoms. The molecule has 1 atom stereocenters. The van der Waals surface area contributed by atoms with Gasteiger partial charge in [-0.3, -0.25) is 4.79 Å². The summed E-state index contributed by atoms with van der Waals surface area (Å²) in [5, 5.41) is 0. The number of imidazole rings is 1. The standard InChI is InChI=1S/C25H31N3O3/c1-3-4-14-27-18-19(17-24(27)29)25-26-20-10-5-6-11-21(20)28(25)15-9-16-31-23-13-8-7-12-22(23)30-2/h5-8,10-13,19H,3-4,9,14-18H2,1-2H3/t19-/m0/s1. The molecule has 1 aromatic heterocycles. The Bertz CT molecular complexity index is 1030. The van der Waals surface area contributed by atoms with E-state index in [-0.39, 0.29) is 11.8 Å². The summed E-state index contributed by atoms with van der Waals surface area (Å²) in [7, 11) is 1.65. The van der Waals surface area contributed by atoms with Crippen molar-refractivity contribution in [1.82, 2.24) is 14.5 Å². The molecule has 0 radical (unpaired) electrons. The molecule has 2 aromatic carbocycles. The van der Waals surface area contributed by atoms with Crippen molar-refractivity contribution in [2.24, 2.45) is 0 Å². The minimum Gasteiger partial charge on any atom is -0.493 e. The number of aromatic nitrogens is 2. The van der Waals surface area contributed by atoms with Gasteiger partial charge in [0, 0.05) is 32.0 Å².